The van der Waals surface area contributed by atoms with Crippen molar-refractivity contribution in [2.45, 2.75) is 65.3 Å². The number of rotatable bonds is 5. The van der Waals surface area contributed by atoms with Crippen molar-refractivity contribution in [2.75, 3.05) is 6.54 Å². The van der Waals surface area contributed by atoms with Crippen LogP contribution >= 0.6 is 0 Å². The van der Waals surface area contributed by atoms with Crippen LogP contribution in [0.5, 0.6) is 0 Å². The smallest absolute Gasteiger partial charge is 0.324 e. The van der Waals surface area contributed by atoms with Gasteiger partial charge in [-0.05, 0) is 33.6 Å². The third-order valence-electron chi connectivity index (χ3n) is 4.04. The lowest BCUT2D eigenvalue weighted by molar-refractivity contribution is -0.149. The topological polar surface area (TPSA) is 86.7 Å². The minimum absolute atomic E-state index is 0.184. The number of aliphatic carboxylic acids is 1. The summed E-state index contributed by atoms with van der Waals surface area (Å²) in [5.41, 5.74) is -1.17. The zero-order chi connectivity index (χ0) is 16.0. The van der Waals surface area contributed by atoms with E-state index in [1.807, 2.05) is 6.92 Å². The number of carboxylic acid groups (broad SMARTS) is 1. The first-order valence-corrected chi connectivity index (χ1v) is 7.61. The Hall–Kier alpha value is -1.59. The second kappa shape index (κ2) is 7.43. The number of carbonyl (C=O) groups excluding carboxylic acids is 2. The van der Waals surface area contributed by atoms with Gasteiger partial charge in [-0.1, -0.05) is 19.3 Å². The van der Waals surface area contributed by atoms with E-state index in [1.54, 1.807) is 4.90 Å². The quantitative estimate of drug-likeness (QED) is 0.816. The Morgan fingerprint density at radius 1 is 1.19 bits per heavy atom. The molecule has 3 amide bonds. The summed E-state index contributed by atoms with van der Waals surface area (Å²) in [5.74, 6) is -1.59. The van der Waals surface area contributed by atoms with Gasteiger partial charge in [0.1, 0.15) is 0 Å². The second-order valence-electron chi connectivity index (χ2n) is 6.30. The fourth-order valence-electron chi connectivity index (χ4n) is 2.67. The van der Waals surface area contributed by atoms with Crippen LogP contribution in [0.15, 0.2) is 0 Å². The number of nitrogens with one attached hydrogen (secondary N) is 1. The van der Waals surface area contributed by atoms with E-state index in [0.717, 1.165) is 25.7 Å². The molecule has 1 aliphatic carbocycles. The molecule has 0 aromatic carbocycles. The molecule has 0 aromatic heterocycles. The number of hydrogen-bond acceptors (Lipinski definition) is 3. The number of imide groups is 1. The van der Waals surface area contributed by atoms with Gasteiger partial charge in [-0.3, -0.25) is 14.9 Å². The molecule has 0 bridgehead atoms. The summed E-state index contributed by atoms with van der Waals surface area (Å²) in [6.45, 7) is 5.38. The van der Waals surface area contributed by atoms with Gasteiger partial charge in [-0.25, -0.2) is 4.79 Å². The summed E-state index contributed by atoms with van der Waals surface area (Å²) in [7, 11) is 0. The van der Waals surface area contributed by atoms with E-state index in [1.165, 1.54) is 20.3 Å². The Kier molecular flexibility index (Phi) is 6.18. The first-order valence-electron chi connectivity index (χ1n) is 7.61. The van der Waals surface area contributed by atoms with Crippen LogP contribution in [-0.2, 0) is 9.59 Å². The van der Waals surface area contributed by atoms with E-state index in [2.05, 4.69) is 5.32 Å². The van der Waals surface area contributed by atoms with Crippen molar-refractivity contribution in [3.05, 3.63) is 0 Å². The van der Waals surface area contributed by atoms with Crippen LogP contribution in [0.3, 0.4) is 0 Å². The Bertz CT molecular complexity index is 400. The third-order valence-corrected chi connectivity index (χ3v) is 4.04. The van der Waals surface area contributed by atoms with E-state index in [4.69, 9.17) is 5.11 Å². The van der Waals surface area contributed by atoms with Gasteiger partial charge in [0.05, 0.1) is 5.41 Å². The zero-order valence-corrected chi connectivity index (χ0v) is 13.1. The molecule has 6 nitrogen and oxygen atoms in total. The Morgan fingerprint density at radius 2 is 1.76 bits per heavy atom. The summed E-state index contributed by atoms with van der Waals surface area (Å²) in [6.07, 6.45) is 5.13. The van der Waals surface area contributed by atoms with Gasteiger partial charge in [-0.15, -0.1) is 0 Å². The molecule has 120 valence electrons. The normalized spacial score (nSPS) is 16.3. The van der Waals surface area contributed by atoms with Crippen molar-refractivity contribution in [3.63, 3.8) is 0 Å². The van der Waals surface area contributed by atoms with Crippen molar-refractivity contribution in [3.8, 4) is 0 Å². The molecule has 0 atom stereocenters. The summed E-state index contributed by atoms with van der Waals surface area (Å²) in [6, 6.07) is -0.223. The molecule has 0 aliphatic heterocycles. The number of hydrogen-bond donors (Lipinski definition) is 2. The molecule has 1 rings (SSSR count). The first kappa shape index (κ1) is 17.5. The van der Waals surface area contributed by atoms with Crippen LogP contribution < -0.4 is 5.32 Å². The lowest BCUT2D eigenvalue weighted by atomic mass is 9.89. The van der Waals surface area contributed by atoms with Crippen LogP contribution in [0, 0.1) is 5.41 Å². The molecule has 0 heterocycles. The maximum absolute atomic E-state index is 12.2. The minimum atomic E-state index is -1.17. The highest BCUT2D eigenvalue weighted by molar-refractivity contribution is 5.96. The lowest BCUT2D eigenvalue weighted by Gasteiger charge is -2.33. The minimum Gasteiger partial charge on any atom is -0.481 e. The van der Waals surface area contributed by atoms with E-state index in [0.29, 0.717) is 6.54 Å². The van der Waals surface area contributed by atoms with Crippen LogP contribution in [0.25, 0.3) is 0 Å². The van der Waals surface area contributed by atoms with Crippen molar-refractivity contribution in [1.29, 1.82) is 0 Å². The van der Waals surface area contributed by atoms with Gasteiger partial charge in [0, 0.05) is 19.0 Å². The van der Waals surface area contributed by atoms with Gasteiger partial charge < -0.3 is 10.0 Å². The van der Waals surface area contributed by atoms with Gasteiger partial charge in [0.15, 0.2) is 0 Å². The number of carbonyl (C=O) groups is 3. The maximum Gasteiger partial charge on any atom is 0.324 e. The second-order valence-corrected chi connectivity index (χ2v) is 6.30. The molecule has 2 N–H and O–H groups in total. The SMILES string of the molecule is CCN(C(=O)NC(=O)CC(C)(C)C(=O)O)C1CCCCC1. The fourth-order valence-corrected chi connectivity index (χ4v) is 2.67. The van der Waals surface area contributed by atoms with E-state index in [-0.39, 0.29) is 12.5 Å². The van der Waals surface area contributed by atoms with Crippen molar-refractivity contribution < 1.29 is 19.5 Å². The van der Waals surface area contributed by atoms with Crippen molar-refractivity contribution >= 4 is 17.9 Å². The zero-order valence-electron chi connectivity index (χ0n) is 13.1. The molecule has 0 radical (unpaired) electrons. The molecule has 1 saturated carbocycles. The predicted octanol–water partition coefficient (Wildman–Crippen LogP) is 2.38. The predicted molar refractivity (Wildman–Crippen MR) is 78.8 cm³/mol. The number of carboxylic acids is 1. The van der Waals surface area contributed by atoms with Gasteiger partial charge in [0.25, 0.3) is 0 Å². The summed E-state index contributed by atoms with van der Waals surface area (Å²) in [4.78, 5) is 36.7. The first-order chi connectivity index (χ1) is 9.77. The molecule has 21 heavy (non-hydrogen) atoms. The summed E-state index contributed by atoms with van der Waals surface area (Å²) >= 11 is 0. The number of urea groups is 1. The van der Waals surface area contributed by atoms with E-state index < -0.39 is 23.3 Å². The molecular formula is C15H26N2O4. The average Bonchev–Trinajstić information content (AvgIpc) is 2.39. The van der Waals surface area contributed by atoms with E-state index in [9.17, 15) is 14.4 Å². The van der Waals surface area contributed by atoms with Gasteiger partial charge in [-0.2, -0.15) is 0 Å². The molecule has 0 aromatic rings. The molecule has 1 aliphatic rings. The highest BCUT2D eigenvalue weighted by Crippen LogP contribution is 2.23. The fraction of sp³-hybridized carbons (Fsp3) is 0.800. The Morgan fingerprint density at radius 3 is 2.24 bits per heavy atom. The lowest BCUT2D eigenvalue weighted by Crippen LogP contribution is -2.49. The van der Waals surface area contributed by atoms with Gasteiger partial charge in [0.2, 0.25) is 5.91 Å². The Balaban J connectivity index is 2.57. The molecule has 0 spiro atoms. The monoisotopic (exact) mass is 298 g/mol. The summed E-state index contributed by atoms with van der Waals surface area (Å²) in [5, 5.41) is 11.3. The molecular weight excluding hydrogens is 272 g/mol. The standard InChI is InChI=1S/C15H26N2O4/c1-4-17(11-8-6-5-7-9-11)14(21)16-12(18)10-15(2,3)13(19)20/h11H,4-10H2,1-3H3,(H,19,20)(H,16,18,21). The summed E-state index contributed by atoms with van der Waals surface area (Å²) < 4.78 is 0. The number of amides is 3. The van der Waals surface area contributed by atoms with Gasteiger partial charge >= 0.3 is 12.0 Å². The van der Waals surface area contributed by atoms with E-state index >= 15 is 0 Å². The molecule has 1 fully saturated rings. The maximum atomic E-state index is 12.2. The third kappa shape index (κ3) is 5.02. The largest absolute Gasteiger partial charge is 0.481 e. The van der Waals surface area contributed by atoms with Crippen LogP contribution in [0.4, 0.5) is 4.79 Å². The Labute approximate surface area is 125 Å². The van der Waals surface area contributed by atoms with Crippen LogP contribution in [0.1, 0.15) is 59.3 Å². The highest BCUT2D eigenvalue weighted by Gasteiger charge is 2.32. The average molecular weight is 298 g/mol. The van der Waals surface area contributed by atoms with Crippen molar-refractivity contribution in [1.82, 2.24) is 10.2 Å². The highest BCUT2D eigenvalue weighted by atomic mass is 16.4. The molecule has 6 heteroatoms. The molecule has 0 saturated heterocycles. The van der Waals surface area contributed by atoms with Crippen LogP contribution in [0.2, 0.25) is 0 Å². The van der Waals surface area contributed by atoms with Crippen LogP contribution in [-0.4, -0.2) is 40.5 Å². The molecule has 0 unspecified atom stereocenters. The number of nitrogens with zero attached hydrogens (tertiary/aromatic N) is 1. The van der Waals surface area contributed by atoms with Crippen molar-refractivity contribution in [2.24, 2.45) is 5.41 Å².